The Bertz CT molecular complexity index is 544. The van der Waals surface area contributed by atoms with E-state index in [1.165, 1.54) is 5.56 Å². The van der Waals surface area contributed by atoms with Gasteiger partial charge in [-0.1, -0.05) is 12.1 Å². The molecular formula is C16H23ClN2O3. The fourth-order valence-electron chi connectivity index (χ4n) is 2.88. The van der Waals surface area contributed by atoms with Crippen molar-refractivity contribution in [3.05, 3.63) is 28.8 Å². The van der Waals surface area contributed by atoms with Crippen LogP contribution in [0.5, 0.6) is 5.75 Å². The molecule has 0 aromatic heterocycles. The van der Waals surface area contributed by atoms with Gasteiger partial charge in [0.05, 0.1) is 19.3 Å². The van der Waals surface area contributed by atoms with Crippen molar-refractivity contribution in [2.24, 2.45) is 0 Å². The molecule has 2 atom stereocenters. The average molecular weight is 327 g/mol. The van der Waals surface area contributed by atoms with Crippen molar-refractivity contribution >= 4 is 18.3 Å². The summed E-state index contributed by atoms with van der Waals surface area (Å²) in [5.74, 6) is 0.970. The smallest absolute Gasteiger partial charge is 0.222 e. The summed E-state index contributed by atoms with van der Waals surface area (Å²) < 4.78 is 11.1. The number of carbonyl (C=O) groups excluding carboxylic acids is 1. The molecule has 6 heteroatoms. The van der Waals surface area contributed by atoms with Crippen LogP contribution in [0.4, 0.5) is 0 Å². The summed E-state index contributed by atoms with van der Waals surface area (Å²) >= 11 is 0. The molecule has 0 saturated carbocycles. The van der Waals surface area contributed by atoms with Gasteiger partial charge in [0.1, 0.15) is 12.4 Å². The van der Waals surface area contributed by atoms with Crippen molar-refractivity contribution in [3.63, 3.8) is 0 Å². The van der Waals surface area contributed by atoms with E-state index in [4.69, 9.17) is 9.47 Å². The highest BCUT2D eigenvalue weighted by Gasteiger charge is 2.28. The highest BCUT2D eigenvalue weighted by Crippen LogP contribution is 2.36. The van der Waals surface area contributed by atoms with Gasteiger partial charge in [0.2, 0.25) is 5.91 Å². The molecular weight excluding hydrogens is 304 g/mol. The van der Waals surface area contributed by atoms with E-state index in [0.29, 0.717) is 19.6 Å². The van der Waals surface area contributed by atoms with Crippen LogP contribution in [0.3, 0.4) is 0 Å². The number of rotatable bonds is 3. The molecule has 1 saturated heterocycles. The molecule has 0 aliphatic carbocycles. The van der Waals surface area contributed by atoms with E-state index < -0.39 is 0 Å². The van der Waals surface area contributed by atoms with Crippen molar-refractivity contribution in [3.8, 4) is 5.75 Å². The van der Waals surface area contributed by atoms with Crippen LogP contribution in [0.25, 0.3) is 0 Å². The predicted molar refractivity (Wildman–Crippen MR) is 86.8 cm³/mol. The number of amides is 1. The maximum Gasteiger partial charge on any atom is 0.222 e. The zero-order valence-corrected chi connectivity index (χ0v) is 13.8. The molecule has 3 rings (SSSR count). The Labute approximate surface area is 137 Å². The van der Waals surface area contributed by atoms with Crippen LogP contribution in [0.2, 0.25) is 0 Å². The summed E-state index contributed by atoms with van der Waals surface area (Å²) in [5, 5.41) is 6.36. The van der Waals surface area contributed by atoms with Crippen LogP contribution in [-0.4, -0.2) is 38.3 Å². The molecule has 2 unspecified atom stereocenters. The van der Waals surface area contributed by atoms with Crippen LogP contribution < -0.4 is 15.4 Å². The van der Waals surface area contributed by atoms with Gasteiger partial charge < -0.3 is 20.1 Å². The van der Waals surface area contributed by atoms with Crippen LogP contribution in [0.1, 0.15) is 29.2 Å². The number of hydrogen-bond donors (Lipinski definition) is 2. The van der Waals surface area contributed by atoms with E-state index in [-0.39, 0.29) is 30.4 Å². The second kappa shape index (κ2) is 7.31. The molecule has 2 aliphatic rings. The van der Waals surface area contributed by atoms with Gasteiger partial charge in [-0.15, -0.1) is 12.4 Å². The fourth-order valence-corrected chi connectivity index (χ4v) is 2.88. The molecule has 0 radical (unpaired) electrons. The molecule has 5 nitrogen and oxygen atoms in total. The van der Waals surface area contributed by atoms with Crippen molar-refractivity contribution in [1.29, 1.82) is 0 Å². The zero-order valence-electron chi connectivity index (χ0n) is 13.0. The SMILES string of the molecule is Cc1ccc2c(c1C)OCC2NC(=O)CC1COCCN1.Cl. The topological polar surface area (TPSA) is 59.6 Å². The third-order valence-electron chi connectivity index (χ3n) is 4.24. The summed E-state index contributed by atoms with van der Waals surface area (Å²) in [6.45, 7) is 6.77. The molecule has 22 heavy (non-hydrogen) atoms. The fraction of sp³-hybridized carbons (Fsp3) is 0.562. The standard InChI is InChI=1S/C16H22N2O3.ClH/c1-10-3-4-13-14(9-21-16(13)11(10)2)18-15(19)7-12-8-20-6-5-17-12;/h3-4,12,14,17H,5-9H2,1-2H3,(H,18,19);1H. The summed E-state index contributed by atoms with van der Waals surface area (Å²) in [6, 6.07) is 4.20. The first-order valence-corrected chi connectivity index (χ1v) is 7.48. The Kier molecular flexibility index (Phi) is 5.67. The first kappa shape index (κ1) is 17.1. The van der Waals surface area contributed by atoms with Gasteiger partial charge in [-0.25, -0.2) is 0 Å². The Hall–Kier alpha value is -1.30. The molecule has 1 aromatic rings. The van der Waals surface area contributed by atoms with Gasteiger partial charge >= 0.3 is 0 Å². The van der Waals surface area contributed by atoms with Gasteiger partial charge in [-0.2, -0.15) is 0 Å². The normalized spacial score (nSPS) is 23.2. The second-order valence-electron chi connectivity index (χ2n) is 5.79. The van der Waals surface area contributed by atoms with E-state index in [2.05, 4.69) is 36.6 Å². The number of aryl methyl sites for hydroxylation is 1. The van der Waals surface area contributed by atoms with Crippen LogP contribution in [-0.2, 0) is 9.53 Å². The van der Waals surface area contributed by atoms with Crippen LogP contribution >= 0.6 is 12.4 Å². The number of halogens is 1. The first-order valence-electron chi connectivity index (χ1n) is 7.48. The van der Waals surface area contributed by atoms with E-state index >= 15 is 0 Å². The number of fused-ring (bicyclic) bond motifs is 1. The number of benzene rings is 1. The molecule has 1 aromatic carbocycles. The minimum Gasteiger partial charge on any atom is -0.490 e. The highest BCUT2D eigenvalue weighted by molar-refractivity contribution is 5.85. The quantitative estimate of drug-likeness (QED) is 0.887. The lowest BCUT2D eigenvalue weighted by Crippen LogP contribution is -2.44. The average Bonchev–Trinajstić information content (AvgIpc) is 2.87. The maximum absolute atomic E-state index is 12.2. The molecule has 0 bridgehead atoms. The predicted octanol–water partition coefficient (Wildman–Crippen LogP) is 1.65. The minimum atomic E-state index is -0.0451. The third kappa shape index (κ3) is 3.54. The Morgan fingerprint density at radius 1 is 1.36 bits per heavy atom. The van der Waals surface area contributed by atoms with Crippen molar-refractivity contribution in [2.75, 3.05) is 26.4 Å². The zero-order chi connectivity index (χ0) is 14.8. The maximum atomic E-state index is 12.2. The van der Waals surface area contributed by atoms with E-state index in [1.54, 1.807) is 0 Å². The molecule has 122 valence electrons. The Balaban J connectivity index is 0.00000176. The Morgan fingerprint density at radius 2 is 2.18 bits per heavy atom. The van der Waals surface area contributed by atoms with Crippen LogP contribution in [0.15, 0.2) is 12.1 Å². The summed E-state index contributed by atoms with van der Waals surface area (Å²) in [5.41, 5.74) is 3.45. The molecule has 1 amide bonds. The van der Waals surface area contributed by atoms with E-state index in [9.17, 15) is 4.79 Å². The monoisotopic (exact) mass is 326 g/mol. The molecule has 2 heterocycles. The first-order chi connectivity index (χ1) is 10.1. The minimum absolute atomic E-state index is 0. The third-order valence-corrected chi connectivity index (χ3v) is 4.24. The number of hydrogen-bond acceptors (Lipinski definition) is 4. The number of ether oxygens (including phenoxy) is 2. The van der Waals surface area contributed by atoms with Gasteiger partial charge in [0.15, 0.2) is 0 Å². The van der Waals surface area contributed by atoms with Crippen molar-refractivity contribution in [2.45, 2.75) is 32.4 Å². The lowest BCUT2D eigenvalue weighted by molar-refractivity contribution is -0.123. The molecule has 0 spiro atoms. The van der Waals surface area contributed by atoms with Gasteiger partial charge in [-0.05, 0) is 25.0 Å². The Morgan fingerprint density at radius 3 is 2.91 bits per heavy atom. The molecule has 1 fully saturated rings. The lowest BCUT2D eigenvalue weighted by atomic mass is 10.0. The molecule has 2 N–H and O–H groups in total. The number of nitrogens with one attached hydrogen (secondary N) is 2. The van der Waals surface area contributed by atoms with Crippen molar-refractivity contribution < 1.29 is 14.3 Å². The summed E-state index contributed by atoms with van der Waals surface area (Å²) in [6.07, 6.45) is 0.441. The number of carbonyl (C=O) groups is 1. The highest BCUT2D eigenvalue weighted by atomic mass is 35.5. The second-order valence-corrected chi connectivity index (χ2v) is 5.79. The summed E-state index contributed by atoms with van der Waals surface area (Å²) in [7, 11) is 0. The van der Waals surface area contributed by atoms with Crippen molar-refractivity contribution in [1.82, 2.24) is 10.6 Å². The number of morpholine rings is 1. The van der Waals surface area contributed by atoms with E-state index in [1.807, 2.05) is 0 Å². The largest absolute Gasteiger partial charge is 0.490 e. The van der Waals surface area contributed by atoms with Crippen LogP contribution in [0, 0.1) is 13.8 Å². The molecule has 2 aliphatic heterocycles. The van der Waals surface area contributed by atoms with Gasteiger partial charge in [0.25, 0.3) is 0 Å². The summed E-state index contributed by atoms with van der Waals surface area (Å²) in [4.78, 5) is 12.2. The van der Waals surface area contributed by atoms with Gasteiger partial charge in [-0.3, -0.25) is 4.79 Å². The van der Waals surface area contributed by atoms with E-state index in [0.717, 1.165) is 30.0 Å². The van der Waals surface area contributed by atoms with Gasteiger partial charge in [0, 0.05) is 24.6 Å². The lowest BCUT2D eigenvalue weighted by Gasteiger charge is -2.23.